The molecular weight excluding hydrogens is 170 g/mol. The van der Waals surface area contributed by atoms with E-state index in [-0.39, 0.29) is 5.60 Å². The third-order valence-corrected chi connectivity index (χ3v) is 0.987. The summed E-state index contributed by atoms with van der Waals surface area (Å²) < 4.78 is 4.55. The molecule has 0 aliphatic rings. The van der Waals surface area contributed by atoms with Gasteiger partial charge in [0.2, 0.25) is 0 Å². The van der Waals surface area contributed by atoms with Crippen LogP contribution in [0.3, 0.4) is 0 Å². The number of ether oxygens (including phenoxy) is 1. The number of rotatable bonds is 4. The van der Waals surface area contributed by atoms with Crippen molar-refractivity contribution < 1.29 is 14.6 Å². The minimum Gasteiger partial charge on any atom is -0.462 e. The SMILES string of the molecule is CC(C)(C)OC=O.CNCCCO. The number of nitrogens with one attached hydrogen (secondary N) is 1. The third-order valence-electron chi connectivity index (χ3n) is 0.987. The summed E-state index contributed by atoms with van der Waals surface area (Å²) in [6.07, 6.45) is 0.858. The molecule has 0 aliphatic heterocycles. The Bertz CT molecular complexity index is 106. The molecule has 0 radical (unpaired) electrons. The van der Waals surface area contributed by atoms with Crippen molar-refractivity contribution in [2.24, 2.45) is 0 Å². The minimum absolute atomic E-state index is 0.292. The van der Waals surface area contributed by atoms with Gasteiger partial charge in [-0.3, -0.25) is 4.79 Å². The summed E-state index contributed by atoms with van der Waals surface area (Å²) in [7, 11) is 1.87. The molecule has 0 atom stereocenters. The second kappa shape index (κ2) is 9.48. The number of hydrogen-bond donors (Lipinski definition) is 2. The maximum Gasteiger partial charge on any atom is 0.293 e. The van der Waals surface area contributed by atoms with E-state index in [0.717, 1.165) is 13.0 Å². The van der Waals surface area contributed by atoms with Crippen LogP contribution in [-0.4, -0.2) is 37.4 Å². The van der Waals surface area contributed by atoms with Crippen molar-refractivity contribution in [1.82, 2.24) is 5.32 Å². The van der Waals surface area contributed by atoms with Crippen LogP contribution in [-0.2, 0) is 9.53 Å². The van der Waals surface area contributed by atoms with Crippen LogP contribution in [0.2, 0.25) is 0 Å². The quantitative estimate of drug-likeness (QED) is 0.503. The third kappa shape index (κ3) is 24.6. The molecule has 4 nitrogen and oxygen atoms in total. The summed E-state index contributed by atoms with van der Waals surface area (Å²) in [6.45, 7) is 7.13. The van der Waals surface area contributed by atoms with Crippen LogP contribution in [0.25, 0.3) is 0 Å². The van der Waals surface area contributed by atoms with Crippen molar-refractivity contribution >= 4 is 6.47 Å². The molecule has 80 valence electrons. The zero-order chi connectivity index (χ0) is 10.7. The molecule has 0 saturated heterocycles. The second-order valence-corrected chi connectivity index (χ2v) is 3.51. The van der Waals surface area contributed by atoms with Crippen LogP contribution >= 0.6 is 0 Å². The predicted molar refractivity (Wildman–Crippen MR) is 52.5 cm³/mol. The van der Waals surface area contributed by atoms with Crippen molar-refractivity contribution in [2.45, 2.75) is 32.8 Å². The first-order chi connectivity index (χ1) is 5.97. The average molecular weight is 191 g/mol. The van der Waals surface area contributed by atoms with Crippen LogP contribution in [0.1, 0.15) is 27.2 Å². The Morgan fingerprint density at radius 1 is 1.46 bits per heavy atom. The number of hydrogen-bond acceptors (Lipinski definition) is 4. The van der Waals surface area contributed by atoms with Gasteiger partial charge >= 0.3 is 0 Å². The molecule has 0 unspecified atom stereocenters. The zero-order valence-corrected chi connectivity index (χ0v) is 8.96. The van der Waals surface area contributed by atoms with Crippen LogP contribution in [0.5, 0.6) is 0 Å². The first kappa shape index (κ1) is 14.9. The molecule has 0 bridgehead atoms. The van der Waals surface area contributed by atoms with Gasteiger partial charge in [-0.1, -0.05) is 0 Å². The molecule has 0 fully saturated rings. The zero-order valence-electron chi connectivity index (χ0n) is 8.96. The van der Waals surface area contributed by atoms with Gasteiger partial charge in [0, 0.05) is 6.61 Å². The van der Waals surface area contributed by atoms with Gasteiger partial charge in [0.25, 0.3) is 6.47 Å². The Hall–Kier alpha value is -0.610. The predicted octanol–water partition coefficient (Wildman–Crippen LogP) is 0.546. The summed E-state index contributed by atoms with van der Waals surface area (Å²) >= 11 is 0. The van der Waals surface area contributed by atoms with E-state index in [2.05, 4.69) is 10.1 Å². The maximum absolute atomic E-state index is 9.60. The molecule has 0 heterocycles. The van der Waals surface area contributed by atoms with Crippen molar-refractivity contribution in [3.63, 3.8) is 0 Å². The summed E-state index contributed by atoms with van der Waals surface area (Å²) in [6, 6.07) is 0. The summed E-state index contributed by atoms with van der Waals surface area (Å²) in [5, 5.41) is 11.1. The standard InChI is InChI=1S/C5H10O2.C4H11NO/c1-5(2,3)7-4-6;1-5-3-2-4-6/h4H,1-3H3;5-6H,2-4H2,1H3. The fourth-order valence-corrected chi connectivity index (χ4v) is 0.400. The highest BCUT2D eigenvalue weighted by Gasteiger charge is 2.07. The highest BCUT2D eigenvalue weighted by molar-refractivity contribution is 5.37. The molecule has 0 aliphatic carbocycles. The van der Waals surface area contributed by atoms with E-state index in [4.69, 9.17) is 5.11 Å². The van der Waals surface area contributed by atoms with Gasteiger partial charge in [-0.15, -0.1) is 0 Å². The summed E-state index contributed by atoms with van der Waals surface area (Å²) in [5.74, 6) is 0. The second-order valence-electron chi connectivity index (χ2n) is 3.51. The van der Waals surface area contributed by atoms with Gasteiger partial charge in [-0.2, -0.15) is 0 Å². The van der Waals surface area contributed by atoms with Crippen molar-refractivity contribution in [3.8, 4) is 0 Å². The van der Waals surface area contributed by atoms with Gasteiger partial charge < -0.3 is 15.2 Å². The lowest BCUT2D eigenvalue weighted by atomic mass is 10.2. The van der Waals surface area contributed by atoms with E-state index in [1.807, 2.05) is 27.8 Å². The molecule has 0 spiro atoms. The van der Waals surface area contributed by atoms with E-state index in [9.17, 15) is 4.79 Å². The average Bonchev–Trinajstić information content (AvgIpc) is 1.99. The monoisotopic (exact) mass is 191 g/mol. The lowest BCUT2D eigenvalue weighted by molar-refractivity contribution is -0.138. The molecule has 0 amide bonds. The van der Waals surface area contributed by atoms with Gasteiger partial charge in [-0.25, -0.2) is 0 Å². The van der Waals surface area contributed by atoms with Crippen molar-refractivity contribution in [1.29, 1.82) is 0 Å². The van der Waals surface area contributed by atoms with E-state index < -0.39 is 0 Å². The Morgan fingerprint density at radius 3 is 2.08 bits per heavy atom. The molecule has 4 heteroatoms. The number of carbonyl (C=O) groups excluding carboxylic acids is 1. The van der Waals surface area contributed by atoms with Crippen LogP contribution < -0.4 is 5.32 Å². The molecular formula is C9H21NO3. The molecule has 0 saturated carbocycles. The topological polar surface area (TPSA) is 58.6 Å². The normalized spacial score (nSPS) is 9.92. The molecule has 0 aromatic carbocycles. The molecule has 13 heavy (non-hydrogen) atoms. The van der Waals surface area contributed by atoms with Crippen LogP contribution in [0.15, 0.2) is 0 Å². The highest BCUT2D eigenvalue weighted by atomic mass is 16.5. The largest absolute Gasteiger partial charge is 0.462 e. The number of carbonyl (C=O) groups is 1. The summed E-state index contributed by atoms with van der Waals surface area (Å²) in [5.41, 5.74) is -0.318. The first-order valence-electron chi connectivity index (χ1n) is 4.35. The van der Waals surface area contributed by atoms with Gasteiger partial charge in [0.15, 0.2) is 0 Å². The maximum atomic E-state index is 9.60. The van der Waals surface area contributed by atoms with Crippen molar-refractivity contribution in [3.05, 3.63) is 0 Å². The van der Waals surface area contributed by atoms with E-state index in [1.54, 1.807) is 0 Å². The Balaban J connectivity index is 0. The van der Waals surface area contributed by atoms with Gasteiger partial charge in [-0.05, 0) is 40.8 Å². The lowest BCUT2D eigenvalue weighted by Crippen LogP contribution is -2.17. The van der Waals surface area contributed by atoms with Gasteiger partial charge in [0.1, 0.15) is 5.60 Å². The Morgan fingerprint density at radius 2 is 2.00 bits per heavy atom. The fourth-order valence-electron chi connectivity index (χ4n) is 0.400. The van der Waals surface area contributed by atoms with Gasteiger partial charge in [0.05, 0.1) is 0 Å². The first-order valence-corrected chi connectivity index (χ1v) is 4.35. The number of aliphatic hydroxyl groups excluding tert-OH is 1. The smallest absolute Gasteiger partial charge is 0.293 e. The molecule has 0 aromatic heterocycles. The fraction of sp³-hybridized carbons (Fsp3) is 0.889. The Kier molecular flexibility index (Phi) is 10.9. The number of aliphatic hydroxyl groups is 1. The Labute approximate surface area is 80.3 Å². The minimum atomic E-state index is -0.318. The van der Waals surface area contributed by atoms with E-state index in [1.165, 1.54) is 0 Å². The molecule has 0 rings (SSSR count). The highest BCUT2D eigenvalue weighted by Crippen LogP contribution is 2.02. The van der Waals surface area contributed by atoms with E-state index in [0.29, 0.717) is 13.1 Å². The lowest BCUT2D eigenvalue weighted by Gasteiger charge is -2.14. The van der Waals surface area contributed by atoms with Crippen LogP contribution in [0.4, 0.5) is 0 Å². The summed E-state index contributed by atoms with van der Waals surface area (Å²) in [4.78, 5) is 9.60. The molecule has 2 N–H and O–H groups in total. The molecule has 0 aromatic rings. The van der Waals surface area contributed by atoms with E-state index >= 15 is 0 Å². The van der Waals surface area contributed by atoms with Crippen molar-refractivity contribution in [2.75, 3.05) is 20.2 Å². The van der Waals surface area contributed by atoms with Crippen LogP contribution in [0, 0.1) is 0 Å².